The van der Waals surface area contributed by atoms with Gasteiger partial charge < -0.3 is 13.8 Å². The Balaban J connectivity index is 0.000000422. The van der Waals surface area contributed by atoms with Crippen molar-refractivity contribution in [2.45, 2.75) is 17.4 Å². The van der Waals surface area contributed by atoms with Crippen molar-refractivity contribution in [1.82, 2.24) is 0 Å². The van der Waals surface area contributed by atoms with Crippen LogP contribution in [0.4, 0.5) is 3.89 Å². The minimum Gasteiger partial charge on any atom is -0.722 e. The molecule has 1 aliphatic heterocycles. The van der Waals surface area contributed by atoms with Gasteiger partial charge in [-0.1, -0.05) is 12.1 Å². The van der Waals surface area contributed by atoms with Gasteiger partial charge >= 0.3 is 0 Å². The minimum atomic E-state index is -5.42. The van der Waals surface area contributed by atoms with E-state index in [1.165, 1.54) is 29.6 Å². The number of likely N-dealkylation sites (tertiary alicyclic amines) is 1. The van der Waals surface area contributed by atoms with Crippen molar-refractivity contribution in [3.05, 3.63) is 29.8 Å². The highest BCUT2D eigenvalue weighted by Gasteiger charge is 2.30. The highest BCUT2D eigenvalue weighted by atomic mass is 32.3. The average molecular weight is 351 g/mol. The minimum absolute atomic E-state index is 0.826. The van der Waals surface area contributed by atoms with Crippen molar-refractivity contribution in [3.63, 3.8) is 0 Å². The van der Waals surface area contributed by atoms with Gasteiger partial charge in [-0.25, -0.2) is 8.42 Å². The van der Waals surface area contributed by atoms with E-state index in [4.69, 9.17) is 17.7 Å². The Morgan fingerprint density at radius 2 is 1.91 bits per heavy atom. The summed E-state index contributed by atoms with van der Waals surface area (Å²) < 4.78 is 41.7. The molecule has 1 fully saturated rings. The van der Waals surface area contributed by atoms with Crippen LogP contribution in [0.2, 0.25) is 0 Å². The maximum absolute atomic E-state index is 10.1. The molecule has 1 aromatic carbocycles. The van der Waals surface area contributed by atoms with Crippen LogP contribution in [-0.4, -0.2) is 57.0 Å². The summed E-state index contributed by atoms with van der Waals surface area (Å²) >= 11 is 2.10. The first-order valence-corrected chi connectivity index (χ1v) is 9.17. The normalized spacial score (nSPS) is 20.1. The lowest BCUT2D eigenvalue weighted by Crippen LogP contribution is -2.36. The fourth-order valence-corrected chi connectivity index (χ4v) is 3.70. The van der Waals surface area contributed by atoms with Crippen molar-refractivity contribution in [2.75, 3.05) is 34.3 Å². The molecule has 1 saturated heterocycles. The first-order valence-electron chi connectivity index (χ1n) is 6.81. The lowest BCUT2D eigenvalue weighted by Gasteiger charge is -2.23. The monoisotopic (exact) mass is 351 g/mol. The first-order chi connectivity index (χ1) is 10.1. The molecule has 0 saturated carbocycles. The number of hydrogen-bond donors (Lipinski definition) is 0. The van der Waals surface area contributed by atoms with Gasteiger partial charge in [0.2, 0.25) is 0 Å². The summed E-state index contributed by atoms with van der Waals surface area (Å²) in [5.74, 6) is 2.06. The van der Waals surface area contributed by atoms with Crippen LogP contribution in [0.3, 0.4) is 0 Å². The van der Waals surface area contributed by atoms with E-state index in [0.717, 1.165) is 16.8 Å². The Bertz CT molecular complexity index is 553. The van der Waals surface area contributed by atoms with E-state index in [9.17, 15) is 3.89 Å². The van der Waals surface area contributed by atoms with Crippen LogP contribution in [0.25, 0.3) is 0 Å². The SMILES string of the molecule is COc1ccc(CS[C@H]2CC[N+](C)(C)C2)cc1.O=S(=O)([O-])F. The van der Waals surface area contributed by atoms with Gasteiger partial charge in [-0.05, 0) is 17.7 Å². The van der Waals surface area contributed by atoms with Crippen molar-refractivity contribution >= 4 is 22.3 Å². The second-order valence-electron chi connectivity index (χ2n) is 5.80. The Labute approximate surface area is 136 Å². The van der Waals surface area contributed by atoms with Crippen molar-refractivity contribution < 1.29 is 26.1 Å². The van der Waals surface area contributed by atoms with Gasteiger partial charge in [-0.2, -0.15) is 0 Å². The maximum Gasteiger partial charge on any atom is 0.255 e. The number of ether oxygens (including phenoxy) is 1. The number of thioether (sulfide) groups is 1. The van der Waals surface area contributed by atoms with Crippen LogP contribution in [-0.2, 0) is 16.3 Å². The van der Waals surface area contributed by atoms with E-state index in [-0.39, 0.29) is 0 Å². The number of quaternary nitrogens is 1. The molecule has 0 radical (unpaired) electrons. The molecule has 8 heteroatoms. The fraction of sp³-hybridized carbons (Fsp3) is 0.571. The van der Waals surface area contributed by atoms with Gasteiger partial charge in [0.25, 0.3) is 10.5 Å². The van der Waals surface area contributed by atoms with E-state index in [1.807, 2.05) is 12.1 Å². The first kappa shape index (κ1) is 19.2. The van der Waals surface area contributed by atoms with Crippen LogP contribution in [0, 0.1) is 0 Å². The number of methoxy groups -OCH3 is 1. The summed E-state index contributed by atoms with van der Waals surface area (Å²) in [5, 5.41) is 0.826. The molecule has 0 unspecified atom stereocenters. The van der Waals surface area contributed by atoms with Crippen LogP contribution >= 0.6 is 11.8 Å². The Morgan fingerprint density at radius 3 is 2.32 bits per heavy atom. The van der Waals surface area contributed by atoms with E-state index in [2.05, 4.69) is 38.0 Å². The van der Waals surface area contributed by atoms with Crippen molar-refractivity contribution in [2.24, 2.45) is 0 Å². The highest BCUT2D eigenvalue weighted by molar-refractivity contribution is 7.99. The summed E-state index contributed by atoms with van der Waals surface area (Å²) in [4.78, 5) is 0. The van der Waals surface area contributed by atoms with Crippen LogP contribution in [0.5, 0.6) is 5.75 Å². The molecule has 1 aliphatic rings. The second-order valence-corrected chi connectivity index (χ2v) is 7.88. The predicted octanol–water partition coefficient (Wildman–Crippen LogP) is 2.19. The molecule has 126 valence electrons. The van der Waals surface area contributed by atoms with Gasteiger partial charge in [0.15, 0.2) is 0 Å². The van der Waals surface area contributed by atoms with Gasteiger partial charge in [-0.3, -0.25) is 0 Å². The predicted molar refractivity (Wildman–Crippen MR) is 85.3 cm³/mol. The summed E-state index contributed by atoms with van der Waals surface area (Å²) in [6, 6.07) is 8.43. The van der Waals surface area contributed by atoms with Gasteiger partial charge in [0.1, 0.15) is 5.75 Å². The smallest absolute Gasteiger partial charge is 0.255 e. The standard InChI is InChI=1S/C14H22NOS.FHO3S/c1-15(2)9-8-14(10-15)17-11-12-4-6-13(16-3)7-5-12;1-5(2,3)4/h4-7,14H,8-11H2,1-3H3;(H,2,3,4)/q+1;/p-1/t14-;/m0./s1. The molecule has 0 spiro atoms. The highest BCUT2D eigenvalue weighted by Crippen LogP contribution is 2.28. The molecule has 0 N–H and O–H groups in total. The van der Waals surface area contributed by atoms with E-state index in [0.29, 0.717) is 0 Å². The molecule has 1 atom stereocenters. The lowest BCUT2D eigenvalue weighted by atomic mass is 10.2. The molecule has 22 heavy (non-hydrogen) atoms. The Morgan fingerprint density at radius 1 is 1.36 bits per heavy atom. The van der Waals surface area contributed by atoms with E-state index in [1.54, 1.807) is 7.11 Å². The number of hydrogen-bond acceptors (Lipinski definition) is 5. The molecule has 0 aliphatic carbocycles. The number of nitrogens with zero attached hydrogens (tertiary/aromatic N) is 1. The number of benzene rings is 1. The topological polar surface area (TPSA) is 66.4 Å². The average Bonchev–Trinajstić information content (AvgIpc) is 2.75. The summed E-state index contributed by atoms with van der Waals surface area (Å²) in [6.07, 6.45) is 1.35. The zero-order chi connectivity index (χ0) is 16.8. The quantitative estimate of drug-likeness (QED) is 0.473. The van der Waals surface area contributed by atoms with E-state index >= 15 is 0 Å². The molecular weight excluding hydrogens is 329 g/mol. The molecule has 1 aromatic rings. The molecule has 2 rings (SSSR count). The van der Waals surface area contributed by atoms with Crippen LogP contribution in [0.15, 0.2) is 24.3 Å². The lowest BCUT2D eigenvalue weighted by molar-refractivity contribution is -0.877. The zero-order valence-corrected chi connectivity index (χ0v) is 14.6. The molecular formula is C14H22FNO4S2. The zero-order valence-electron chi connectivity index (χ0n) is 13.0. The van der Waals surface area contributed by atoms with Gasteiger partial charge in [0.05, 0.1) is 39.5 Å². The molecule has 1 heterocycles. The second kappa shape index (κ2) is 8.14. The molecule has 0 amide bonds. The maximum atomic E-state index is 10.1. The number of rotatable bonds is 4. The fourth-order valence-electron chi connectivity index (χ4n) is 2.30. The van der Waals surface area contributed by atoms with Crippen LogP contribution in [0.1, 0.15) is 12.0 Å². The Kier molecular flexibility index (Phi) is 7.11. The summed E-state index contributed by atoms with van der Waals surface area (Å²) in [6.45, 7) is 2.63. The van der Waals surface area contributed by atoms with Gasteiger partial charge in [-0.15, -0.1) is 15.6 Å². The Hall–Kier alpha value is -0.830. The van der Waals surface area contributed by atoms with E-state index < -0.39 is 10.5 Å². The van der Waals surface area contributed by atoms with Crippen LogP contribution < -0.4 is 4.74 Å². The largest absolute Gasteiger partial charge is 0.722 e. The summed E-state index contributed by atoms with van der Waals surface area (Å²) in [5.41, 5.74) is 1.40. The molecule has 0 aromatic heterocycles. The molecule has 5 nitrogen and oxygen atoms in total. The van der Waals surface area contributed by atoms with Crippen molar-refractivity contribution in [1.29, 1.82) is 0 Å². The molecule has 0 bridgehead atoms. The third-order valence-corrected chi connectivity index (χ3v) is 4.76. The third kappa shape index (κ3) is 8.57. The van der Waals surface area contributed by atoms with Crippen molar-refractivity contribution in [3.8, 4) is 5.75 Å². The number of halogens is 1. The third-order valence-electron chi connectivity index (χ3n) is 3.40. The van der Waals surface area contributed by atoms with Gasteiger partial charge in [0, 0.05) is 12.2 Å². The summed E-state index contributed by atoms with van der Waals surface area (Å²) in [7, 11) is 0.949.